The molecule has 1 unspecified atom stereocenters. The van der Waals surface area contributed by atoms with Crippen LogP contribution in [-0.2, 0) is 16.0 Å². The first-order valence-electron chi connectivity index (χ1n) is 6.75. The molecule has 0 saturated carbocycles. The van der Waals surface area contributed by atoms with Gasteiger partial charge in [-0.3, -0.25) is 0 Å². The first-order chi connectivity index (χ1) is 10.1. The number of aliphatic carboxylic acids is 1. The molecule has 0 aliphatic carbocycles. The smallest absolute Gasteiger partial charge is 0.408 e. The van der Waals surface area contributed by atoms with Crippen molar-refractivity contribution in [1.82, 2.24) is 5.32 Å². The first-order valence-corrected chi connectivity index (χ1v) is 7.54. The van der Waals surface area contributed by atoms with Gasteiger partial charge in [-0.05, 0) is 51.3 Å². The Morgan fingerprint density at radius 1 is 1.41 bits per heavy atom. The summed E-state index contributed by atoms with van der Waals surface area (Å²) >= 11 is 3.23. The molecule has 1 aromatic carbocycles. The van der Waals surface area contributed by atoms with E-state index in [9.17, 15) is 14.0 Å². The summed E-state index contributed by atoms with van der Waals surface area (Å²) in [4.78, 5) is 22.9. The fraction of sp³-hybridized carbons (Fsp3) is 0.467. The van der Waals surface area contributed by atoms with E-state index in [1.807, 2.05) is 0 Å². The summed E-state index contributed by atoms with van der Waals surface area (Å²) in [6.45, 7) is 5.08. The Kier molecular flexibility index (Phi) is 6.34. The fourth-order valence-corrected chi connectivity index (χ4v) is 2.28. The molecule has 22 heavy (non-hydrogen) atoms. The predicted octanol–water partition coefficient (Wildman–Crippen LogP) is 3.50. The second-order valence-electron chi connectivity index (χ2n) is 5.81. The van der Waals surface area contributed by atoms with E-state index in [0.717, 1.165) is 5.56 Å². The molecule has 1 aromatic rings. The third-order valence-electron chi connectivity index (χ3n) is 2.71. The quantitative estimate of drug-likeness (QED) is 0.825. The number of halogens is 2. The van der Waals surface area contributed by atoms with Gasteiger partial charge in [0, 0.05) is 4.47 Å². The molecule has 1 atom stereocenters. The predicted molar refractivity (Wildman–Crippen MR) is 83.2 cm³/mol. The van der Waals surface area contributed by atoms with E-state index in [1.54, 1.807) is 26.8 Å². The lowest BCUT2D eigenvalue weighted by Crippen LogP contribution is -2.43. The highest BCUT2D eigenvalue weighted by Gasteiger charge is 2.24. The largest absolute Gasteiger partial charge is 0.480 e. The highest BCUT2D eigenvalue weighted by atomic mass is 79.9. The molecule has 1 amide bonds. The minimum atomic E-state index is -1.15. The average molecular weight is 376 g/mol. The molecule has 0 aromatic heterocycles. The van der Waals surface area contributed by atoms with Gasteiger partial charge >= 0.3 is 12.1 Å². The number of hydrogen-bond donors (Lipinski definition) is 2. The zero-order valence-electron chi connectivity index (χ0n) is 12.7. The van der Waals surface area contributed by atoms with Gasteiger partial charge in [0.05, 0.1) is 0 Å². The van der Waals surface area contributed by atoms with E-state index in [-0.39, 0.29) is 12.2 Å². The summed E-state index contributed by atoms with van der Waals surface area (Å²) in [6.07, 6.45) is -0.245. The van der Waals surface area contributed by atoms with Crippen LogP contribution in [0.2, 0.25) is 0 Å². The van der Waals surface area contributed by atoms with Gasteiger partial charge < -0.3 is 15.2 Å². The van der Waals surface area contributed by atoms with Crippen LogP contribution >= 0.6 is 15.9 Å². The molecule has 0 aliphatic rings. The van der Waals surface area contributed by atoms with E-state index >= 15 is 0 Å². The third-order valence-corrected chi connectivity index (χ3v) is 3.44. The lowest BCUT2D eigenvalue weighted by atomic mass is 10.1. The van der Waals surface area contributed by atoms with Gasteiger partial charge in [-0.15, -0.1) is 0 Å². The summed E-state index contributed by atoms with van der Waals surface area (Å²) in [7, 11) is 0. The number of hydrogen-bond acceptors (Lipinski definition) is 3. The zero-order chi connectivity index (χ0) is 16.9. The van der Waals surface area contributed by atoms with Gasteiger partial charge in [0.2, 0.25) is 0 Å². The topological polar surface area (TPSA) is 75.6 Å². The van der Waals surface area contributed by atoms with Crippen LogP contribution in [-0.4, -0.2) is 28.8 Å². The Morgan fingerprint density at radius 3 is 2.55 bits per heavy atom. The molecule has 0 bridgehead atoms. The van der Waals surface area contributed by atoms with Crippen molar-refractivity contribution < 1.29 is 23.8 Å². The van der Waals surface area contributed by atoms with Gasteiger partial charge in [-0.1, -0.05) is 22.0 Å². The van der Waals surface area contributed by atoms with Crippen LogP contribution in [0.25, 0.3) is 0 Å². The number of amides is 1. The maximum atomic E-state index is 13.0. The molecule has 0 aliphatic heterocycles. The van der Waals surface area contributed by atoms with Crippen LogP contribution in [0.1, 0.15) is 32.8 Å². The Hall–Kier alpha value is -1.63. The molecule has 7 heteroatoms. The van der Waals surface area contributed by atoms with Crippen molar-refractivity contribution in [3.05, 3.63) is 34.1 Å². The highest BCUT2D eigenvalue weighted by molar-refractivity contribution is 9.10. The lowest BCUT2D eigenvalue weighted by Gasteiger charge is -2.22. The number of benzene rings is 1. The number of alkyl carbamates (subject to hydrolysis) is 1. The van der Waals surface area contributed by atoms with Crippen molar-refractivity contribution in [2.45, 2.75) is 45.3 Å². The molecule has 5 nitrogen and oxygen atoms in total. The average Bonchev–Trinajstić information content (AvgIpc) is 2.33. The van der Waals surface area contributed by atoms with Crippen LogP contribution in [0.4, 0.5) is 9.18 Å². The van der Waals surface area contributed by atoms with Crippen LogP contribution in [0.5, 0.6) is 0 Å². The Balaban J connectivity index is 2.65. The number of carboxylic acid groups (broad SMARTS) is 1. The van der Waals surface area contributed by atoms with Crippen LogP contribution < -0.4 is 5.32 Å². The Bertz CT molecular complexity index is 557. The normalized spacial score (nSPS) is 12.6. The summed E-state index contributed by atoms with van der Waals surface area (Å²) in [5.41, 5.74) is 0.0614. The second-order valence-corrected chi connectivity index (χ2v) is 6.67. The van der Waals surface area contributed by atoms with E-state index in [1.165, 1.54) is 12.1 Å². The van der Waals surface area contributed by atoms with Crippen molar-refractivity contribution in [3.63, 3.8) is 0 Å². The minimum Gasteiger partial charge on any atom is -0.480 e. The van der Waals surface area contributed by atoms with Gasteiger partial charge in [0.25, 0.3) is 0 Å². The van der Waals surface area contributed by atoms with E-state index in [2.05, 4.69) is 21.2 Å². The molecule has 0 radical (unpaired) electrons. The molecule has 0 saturated heterocycles. The third kappa shape index (κ3) is 6.43. The van der Waals surface area contributed by atoms with E-state index in [4.69, 9.17) is 9.84 Å². The van der Waals surface area contributed by atoms with Crippen LogP contribution in [0.15, 0.2) is 22.7 Å². The Labute approximate surface area is 137 Å². The molecule has 0 spiro atoms. The Morgan fingerprint density at radius 2 is 2.05 bits per heavy atom. The first kappa shape index (κ1) is 18.4. The van der Waals surface area contributed by atoms with Gasteiger partial charge in [0.1, 0.15) is 17.5 Å². The second kappa shape index (κ2) is 7.58. The van der Waals surface area contributed by atoms with Crippen molar-refractivity contribution in [3.8, 4) is 0 Å². The number of carbonyl (C=O) groups is 2. The van der Waals surface area contributed by atoms with Crippen molar-refractivity contribution in [1.29, 1.82) is 0 Å². The minimum absolute atomic E-state index is 0.165. The number of nitrogens with one attached hydrogen (secondary N) is 1. The molecular formula is C15H19BrFNO4. The molecule has 1 rings (SSSR count). The van der Waals surface area contributed by atoms with E-state index in [0.29, 0.717) is 10.9 Å². The monoisotopic (exact) mass is 375 g/mol. The fourth-order valence-electron chi connectivity index (χ4n) is 1.73. The SMILES string of the molecule is CC(C)(C)OC(=O)NC(CCc1ccc(F)cc1Br)C(=O)O. The van der Waals surface area contributed by atoms with Gasteiger partial charge in [0.15, 0.2) is 0 Å². The summed E-state index contributed by atoms with van der Waals surface area (Å²) < 4.78 is 18.6. The van der Waals surface area contributed by atoms with Crippen molar-refractivity contribution in [2.24, 2.45) is 0 Å². The highest BCUT2D eigenvalue weighted by Crippen LogP contribution is 2.20. The lowest BCUT2D eigenvalue weighted by molar-refractivity contribution is -0.139. The van der Waals surface area contributed by atoms with Gasteiger partial charge in [-0.25, -0.2) is 14.0 Å². The maximum Gasteiger partial charge on any atom is 0.408 e. The molecular weight excluding hydrogens is 357 g/mol. The van der Waals surface area contributed by atoms with Crippen molar-refractivity contribution >= 4 is 28.0 Å². The molecule has 0 fully saturated rings. The van der Waals surface area contributed by atoms with Crippen molar-refractivity contribution in [2.75, 3.05) is 0 Å². The number of aryl methyl sites for hydroxylation is 1. The molecule has 122 valence electrons. The number of rotatable bonds is 5. The molecule has 0 heterocycles. The van der Waals surface area contributed by atoms with Crippen LogP contribution in [0.3, 0.4) is 0 Å². The van der Waals surface area contributed by atoms with Crippen LogP contribution in [0, 0.1) is 5.82 Å². The van der Waals surface area contributed by atoms with E-state index < -0.39 is 23.7 Å². The molecule has 2 N–H and O–H groups in total. The maximum absolute atomic E-state index is 13.0. The number of ether oxygens (including phenoxy) is 1. The van der Waals surface area contributed by atoms with Gasteiger partial charge in [-0.2, -0.15) is 0 Å². The zero-order valence-corrected chi connectivity index (χ0v) is 14.2. The number of carbonyl (C=O) groups excluding carboxylic acids is 1. The summed E-state index contributed by atoms with van der Waals surface area (Å²) in [5, 5.41) is 11.5. The standard InChI is InChI=1S/C15H19BrFNO4/c1-15(2,3)22-14(21)18-12(13(19)20)7-5-9-4-6-10(17)8-11(9)16/h4,6,8,12H,5,7H2,1-3H3,(H,18,21)(H,19,20). The number of carboxylic acids is 1. The summed E-state index contributed by atoms with van der Waals surface area (Å²) in [5.74, 6) is -1.53. The summed E-state index contributed by atoms with van der Waals surface area (Å²) in [6, 6.07) is 3.11.